The number of fused-ring (bicyclic) bond motifs is 1. The van der Waals surface area contributed by atoms with E-state index in [1.807, 2.05) is 23.2 Å². The minimum Gasteiger partial charge on any atom is -0.425 e. The van der Waals surface area contributed by atoms with Gasteiger partial charge in [0.2, 0.25) is 17.7 Å². The first-order valence-electron chi connectivity index (χ1n) is 11.0. The zero-order valence-corrected chi connectivity index (χ0v) is 17.6. The molecule has 7 nitrogen and oxygen atoms in total. The summed E-state index contributed by atoms with van der Waals surface area (Å²) < 4.78 is 11.5. The van der Waals surface area contributed by atoms with Gasteiger partial charge in [-0.3, -0.25) is 4.79 Å². The van der Waals surface area contributed by atoms with Gasteiger partial charge < -0.3 is 19.0 Å². The monoisotopic (exact) mass is 410 g/mol. The summed E-state index contributed by atoms with van der Waals surface area (Å²) in [5.74, 6) is 1.28. The molecule has 7 heteroatoms. The summed E-state index contributed by atoms with van der Waals surface area (Å²) >= 11 is 0. The van der Waals surface area contributed by atoms with E-state index in [-0.39, 0.29) is 12.0 Å². The quantitative estimate of drug-likeness (QED) is 0.551. The van der Waals surface area contributed by atoms with Crippen molar-refractivity contribution in [2.45, 2.75) is 58.0 Å². The van der Waals surface area contributed by atoms with E-state index < -0.39 is 0 Å². The first kappa shape index (κ1) is 20.6. The number of benzene rings is 1. The van der Waals surface area contributed by atoms with Gasteiger partial charge in [-0.25, -0.2) is 0 Å². The lowest BCUT2D eigenvalue weighted by molar-refractivity contribution is -0.132. The molecule has 1 aliphatic rings. The summed E-state index contributed by atoms with van der Waals surface area (Å²) in [4.78, 5) is 17.9. The number of rotatable bonds is 10. The highest BCUT2D eigenvalue weighted by Crippen LogP contribution is 2.19. The molecule has 1 aromatic carbocycles. The van der Waals surface area contributed by atoms with Crippen LogP contribution in [0.5, 0.6) is 0 Å². The van der Waals surface area contributed by atoms with Gasteiger partial charge in [-0.2, -0.15) is 0 Å². The van der Waals surface area contributed by atoms with Crippen molar-refractivity contribution in [2.24, 2.45) is 0 Å². The molecular formula is C23H30N4O3. The van der Waals surface area contributed by atoms with Gasteiger partial charge in [-0.1, -0.05) is 25.1 Å². The van der Waals surface area contributed by atoms with Crippen LogP contribution in [0.3, 0.4) is 0 Å². The zero-order valence-electron chi connectivity index (χ0n) is 17.6. The number of hydrogen-bond acceptors (Lipinski definition) is 5. The minimum absolute atomic E-state index is 0.130. The SMILES string of the molecule is CCCN(CC1CCCO1)C(=O)CCc1nnc(CCc2c[nH]c3ccccc23)o1. The molecule has 1 fully saturated rings. The fourth-order valence-electron chi connectivity index (χ4n) is 4.06. The lowest BCUT2D eigenvalue weighted by atomic mass is 10.1. The van der Waals surface area contributed by atoms with E-state index in [1.165, 1.54) is 10.9 Å². The van der Waals surface area contributed by atoms with Crippen LogP contribution >= 0.6 is 0 Å². The van der Waals surface area contributed by atoms with Gasteiger partial charge >= 0.3 is 0 Å². The number of ether oxygens (including phenoxy) is 1. The summed E-state index contributed by atoms with van der Waals surface area (Å²) in [6.45, 7) is 4.35. The number of hydrogen-bond donors (Lipinski definition) is 1. The summed E-state index contributed by atoms with van der Waals surface area (Å²) in [5, 5.41) is 9.53. The number of aromatic amines is 1. The highest BCUT2D eigenvalue weighted by molar-refractivity contribution is 5.83. The van der Waals surface area contributed by atoms with E-state index in [4.69, 9.17) is 9.15 Å². The molecule has 0 aliphatic carbocycles. The highest BCUT2D eigenvalue weighted by atomic mass is 16.5. The van der Waals surface area contributed by atoms with E-state index in [2.05, 4.69) is 34.2 Å². The van der Waals surface area contributed by atoms with Crippen molar-refractivity contribution in [1.82, 2.24) is 20.1 Å². The van der Waals surface area contributed by atoms with E-state index in [0.717, 1.165) is 44.4 Å². The van der Waals surface area contributed by atoms with E-state index >= 15 is 0 Å². The second kappa shape index (κ2) is 9.89. The number of nitrogens with one attached hydrogen (secondary N) is 1. The average molecular weight is 411 g/mol. The predicted molar refractivity (Wildman–Crippen MR) is 114 cm³/mol. The van der Waals surface area contributed by atoms with E-state index in [1.54, 1.807) is 0 Å². The van der Waals surface area contributed by atoms with Gasteiger partial charge in [0.25, 0.3) is 0 Å². The Hall–Kier alpha value is -2.67. The molecule has 160 valence electrons. The van der Waals surface area contributed by atoms with Gasteiger partial charge in [0.05, 0.1) is 6.10 Å². The zero-order chi connectivity index (χ0) is 20.8. The van der Waals surface area contributed by atoms with E-state index in [0.29, 0.717) is 37.6 Å². The van der Waals surface area contributed by atoms with Crippen LogP contribution in [0, 0.1) is 0 Å². The van der Waals surface area contributed by atoms with Gasteiger partial charge in [-0.15, -0.1) is 10.2 Å². The smallest absolute Gasteiger partial charge is 0.223 e. The molecule has 1 amide bonds. The van der Waals surface area contributed by atoms with Crippen LogP contribution in [-0.4, -0.2) is 51.8 Å². The largest absolute Gasteiger partial charge is 0.425 e. The third-order valence-electron chi connectivity index (χ3n) is 5.64. The predicted octanol–water partition coefficient (Wildman–Crippen LogP) is 3.69. The summed E-state index contributed by atoms with van der Waals surface area (Å²) in [5.41, 5.74) is 2.38. The van der Waals surface area contributed by atoms with Crippen molar-refractivity contribution in [3.8, 4) is 0 Å². The van der Waals surface area contributed by atoms with Crippen molar-refractivity contribution < 1.29 is 13.9 Å². The van der Waals surface area contributed by atoms with Gasteiger partial charge in [-0.05, 0) is 37.3 Å². The molecule has 1 atom stereocenters. The first-order chi connectivity index (χ1) is 14.7. The fraction of sp³-hybridized carbons (Fsp3) is 0.522. The summed E-state index contributed by atoms with van der Waals surface area (Å²) in [6.07, 6.45) is 7.66. The number of para-hydroxylation sites is 1. The summed E-state index contributed by atoms with van der Waals surface area (Å²) in [6, 6.07) is 8.25. The molecule has 4 rings (SSSR count). The highest BCUT2D eigenvalue weighted by Gasteiger charge is 2.22. The molecule has 1 saturated heterocycles. The molecule has 3 aromatic rings. The Labute approximate surface area is 176 Å². The normalized spacial score (nSPS) is 16.4. The molecule has 0 bridgehead atoms. The minimum atomic E-state index is 0.130. The van der Waals surface area contributed by atoms with Crippen molar-refractivity contribution in [1.29, 1.82) is 0 Å². The average Bonchev–Trinajstić information content (AvgIpc) is 3.51. The van der Waals surface area contributed by atoms with Crippen LogP contribution in [0.1, 0.15) is 50.0 Å². The Morgan fingerprint density at radius 1 is 1.20 bits per heavy atom. The number of amides is 1. The van der Waals surface area contributed by atoms with Crippen LogP contribution < -0.4 is 0 Å². The second-order valence-electron chi connectivity index (χ2n) is 7.92. The van der Waals surface area contributed by atoms with Gasteiger partial charge in [0, 0.05) is 56.1 Å². The van der Waals surface area contributed by atoms with Crippen LogP contribution in [0.4, 0.5) is 0 Å². The maximum Gasteiger partial charge on any atom is 0.223 e. The van der Waals surface area contributed by atoms with Crippen LogP contribution in [0.2, 0.25) is 0 Å². The van der Waals surface area contributed by atoms with Crippen molar-refractivity contribution in [3.05, 3.63) is 47.8 Å². The number of aryl methyl sites for hydroxylation is 3. The maximum atomic E-state index is 12.7. The molecule has 3 heterocycles. The summed E-state index contributed by atoms with van der Waals surface area (Å²) in [7, 11) is 0. The number of carbonyl (C=O) groups excluding carboxylic acids is 1. The molecule has 2 aromatic heterocycles. The van der Waals surface area contributed by atoms with Crippen LogP contribution in [0.15, 0.2) is 34.9 Å². The fourth-order valence-corrected chi connectivity index (χ4v) is 4.06. The van der Waals surface area contributed by atoms with Gasteiger partial charge in [0.15, 0.2) is 0 Å². The first-order valence-corrected chi connectivity index (χ1v) is 11.0. The molecule has 1 unspecified atom stereocenters. The van der Waals surface area contributed by atoms with Crippen molar-refractivity contribution >= 4 is 16.8 Å². The Kier molecular flexibility index (Phi) is 6.79. The Bertz CT molecular complexity index is 958. The number of nitrogens with zero attached hydrogens (tertiary/aromatic N) is 3. The third kappa shape index (κ3) is 5.08. The topological polar surface area (TPSA) is 84.2 Å². The molecule has 0 radical (unpaired) electrons. The lowest BCUT2D eigenvalue weighted by Gasteiger charge is -2.25. The molecule has 1 aliphatic heterocycles. The van der Waals surface area contributed by atoms with Gasteiger partial charge in [0.1, 0.15) is 0 Å². The molecule has 0 saturated carbocycles. The molecular weight excluding hydrogens is 380 g/mol. The Balaban J connectivity index is 1.27. The third-order valence-corrected chi connectivity index (χ3v) is 5.64. The molecule has 30 heavy (non-hydrogen) atoms. The van der Waals surface area contributed by atoms with Crippen LogP contribution in [0.25, 0.3) is 10.9 Å². The lowest BCUT2D eigenvalue weighted by Crippen LogP contribution is -2.38. The standard InChI is InChI=1S/C23H30N4O3/c1-2-13-27(16-18-6-5-14-29-18)23(28)12-11-22-26-25-21(30-22)10-9-17-15-24-20-8-4-3-7-19(17)20/h3-4,7-8,15,18,24H,2,5-6,9-14,16H2,1H3. The molecule has 0 spiro atoms. The van der Waals surface area contributed by atoms with E-state index in [9.17, 15) is 4.79 Å². The maximum absolute atomic E-state index is 12.7. The number of carbonyl (C=O) groups is 1. The molecule has 1 N–H and O–H groups in total. The second-order valence-corrected chi connectivity index (χ2v) is 7.92. The Morgan fingerprint density at radius 3 is 2.83 bits per heavy atom. The number of aromatic nitrogens is 3. The number of H-pyrrole nitrogens is 1. The van der Waals surface area contributed by atoms with Crippen molar-refractivity contribution in [3.63, 3.8) is 0 Å². The van der Waals surface area contributed by atoms with Crippen molar-refractivity contribution in [2.75, 3.05) is 19.7 Å². The Morgan fingerprint density at radius 2 is 2.03 bits per heavy atom. The van der Waals surface area contributed by atoms with Crippen LogP contribution in [-0.2, 0) is 28.8 Å².